The summed E-state index contributed by atoms with van der Waals surface area (Å²) in [6.07, 6.45) is 3.24. The summed E-state index contributed by atoms with van der Waals surface area (Å²) >= 11 is 1.04. The van der Waals surface area contributed by atoms with E-state index in [9.17, 15) is 14.4 Å². The van der Waals surface area contributed by atoms with Crippen LogP contribution in [0, 0.1) is 0 Å². The first-order valence-electron chi connectivity index (χ1n) is 7.98. The summed E-state index contributed by atoms with van der Waals surface area (Å²) in [4.78, 5) is 36.5. The van der Waals surface area contributed by atoms with Crippen LogP contribution in [0.4, 0.5) is 5.69 Å². The van der Waals surface area contributed by atoms with E-state index >= 15 is 0 Å². The largest absolute Gasteiger partial charge is 0.481 e. The molecule has 0 aliphatic carbocycles. The van der Waals surface area contributed by atoms with Gasteiger partial charge in [-0.15, -0.1) is 11.8 Å². The fourth-order valence-electron chi connectivity index (χ4n) is 2.69. The molecule has 1 aliphatic heterocycles. The number of aliphatic carboxylic acids is 1. The summed E-state index contributed by atoms with van der Waals surface area (Å²) in [6.45, 7) is 2.86. The fourth-order valence-corrected chi connectivity index (χ4v) is 3.22. The van der Waals surface area contributed by atoms with E-state index in [1.807, 2.05) is 4.90 Å². The van der Waals surface area contributed by atoms with Crippen molar-refractivity contribution in [1.82, 2.24) is 4.90 Å². The van der Waals surface area contributed by atoms with Crippen molar-refractivity contribution >= 4 is 35.2 Å². The molecule has 130 valence electrons. The maximum Gasteiger partial charge on any atom is 0.313 e. The Morgan fingerprint density at radius 1 is 1.21 bits per heavy atom. The van der Waals surface area contributed by atoms with Crippen LogP contribution < -0.4 is 5.32 Å². The number of nitrogens with one attached hydrogen (secondary N) is 1. The number of hydrogen-bond acceptors (Lipinski definition) is 4. The summed E-state index contributed by atoms with van der Waals surface area (Å²) in [5.74, 6) is -1.20. The van der Waals surface area contributed by atoms with Gasteiger partial charge in [-0.1, -0.05) is 0 Å². The Hall–Kier alpha value is -2.02. The minimum atomic E-state index is -0.942. The lowest BCUT2D eigenvalue weighted by Crippen LogP contribution is -2.42. The Morgan fingerprint density at radius 3 is 2.54 bits per heavy atom. The quantitative estimate of drug-likeness (QED) is 0.823. The second kappa shape index (κ2) is 8.73. The van der Waals surface area contributed by atoms with E-state index in [2.05, 4.69) is 12.2 Å². The number of carboxylic acids is 1. The molecule has 0 spiro atoms. The number of likely N-dealkylation sites (tertiary alicyclic amines) is 1. The Balaban J connectivity index is 1.89. The maximum atomic E-state index is 12.5. The fraction of sp³-hybridized carbons (Fsp3) is 0.471. The number of thioether (sulfide) groups is 1. The zero-order valence-electron chi connectivity index (χ0n) is 13.7. The number of carboxylic acid groups (broad SMARTS) is 1. The third-order valence-electron chi connectivity index (χ3n) is 3.94. The molecular formula is C17H22N2O4S. The minimum absolute atomic E-state index is 0.0251. The number of benzene rings is 1. The molecule has 1 saturated heterocycles. The molecule has 0 radical (unpaired) electrons. The summed E-state index contributed by atoms with van der Waals surface area (Å²) in [5.41, 5.74) is 1.21. The molecule has 2 rings (SSSR count). The maximum absolute atomic E-state index is 12.5. The van der Waals surface area contributed by atoms with Gasteiger partial charge >= 0.3 is 5.97 Å². The summed E-state index contributed by atoms with van der Waals surface area (Å²) in [5, 5.41) is 11.2. The van der Waals surface area contributed by atoms with Crippen LogP contribution in [-0.2, 0) is 9.59 Å². The first-order chi connectivity index (χ1) is 11.5. The highest BCUT2D eigenvalue weighted by Crippen LogP contribution is 2.20. The number of amides is 2. The van der Waals surface area contributed by atoms with Crippen LogP contribution >= 0.6 is 11.8 Å². The van der Waals surface area contributed by atoms with Gasteiger partial charge in [-0.2, -0.15) is 0 Å². The lowest BCUT2D eigenvalue weighted by molar-refractivity contribution is -0.133. The van der Waals surface area contributed by atoms with E-state index in [1.54, 1.807) is 24.3 Å². The summed E-state index contributed by atoms with van der Waals surface area (Å²) in [7, 11) is 0. The second-order valence-electron chi connectivity index (χ2n) is 5.86. The number of carbonyl (C=O) groups is 3. The Kier molecular flexibility index (Phi) is 6.66. The van der Waals surface area contributed by atoms with Crippen molar-refractivity contribution in [2.75, 3.05) is 23.4 Å². The number of anilines is 1. The zero-order chi connectivity index (χ0) is 17.5. The third kappa shape index (κ3) is 5.26. The molecule has 1 aromatic carbocycles. The number of rotatable bonds is 6. The molecule has 7 heteroatoms. The Labute approximate surface area is 145 Å². The van der Waals surface area contributed by atoms with Gasteiger partial charge in [0.1, 0.15) is 0 Å². The molecule has 0 bridgehead atoms. The monoisotopic (exact) mass is 350 g/mol. The highest BCUT2D eigenvalue weighted by atomic mass is 32.2. The van der Waals surface area contributed by atoms with Crippen LogP contribution in [0.2, 0.25) is 0 Å². The highest BCUT2D eigenvalue weighted by Gasteiger charge is 2.24. The Morgan fingerprint density at radius 2 is 1.92 bits per heavy atom. The molecule has 24 heavy (non-hydrogen) atoms. The molecule has 0 aromatic heterocycles. The van der Waals surface area contributed by atoms with Gasteiger partial charge in [-0.05, 0) is 50.5 Å². The molecule has 1 atom stereocenters. The molecule has 1 heterocycles. The smallest absolute Gasteiger partial charge is 0.313 e. The van der Waals surface area contributed by atoms with E-state index in [0.29, 0.717) is 11.3 Å². The number of carbonyl (C=O) groups excluding carboxylic acids is 2. The molecule has 1 unspecified atom stereocenters. The second-order valence-corrected chi connectivity index (χ2v) is 6.84. The van der Waals surface area contributed by atoms with Gasteiger partial charge < -0.3 is 15.3 Å². The molecule has 6 nitrogen and oxygen atoms in total. The van der Waals surface area contributed by atoms with Crippen molar-refractivity contribution in [3.8, 4) is 0 Å². The van der Waals surface area contributed by atoms with Crippen LogP contribution in [0.3, 0.4) is 0 Å². The van der Waals surface area contributed by atoms with Gasteiger partial charge in [0.2, 0.25) is 5.91 Å². The zero-order valence-corrected chi connectivity index (χ0v) is 14.5. The van der Waals surface area contributed by atoms with Crippen LogP contribution in [0.25, 0.3) is 0 Å². The summed E-state index contributed by atoms with van der Waals surface area (Å²) < 4.78 is 0. The van der Waals surface area contributed by atoms with Crippen LogP contribution in [-0.4, -0.2) is 51.9 Å². The number of hydrogen-bond donors (Lipinski definition) is 2. The lowest BCUT2D eigenvalue weighted by atomic mass is 10.0. The van der Waals surface area contributed by atoms with E-state index < -0.39 is 5.97 Å². The van der Waals surface area contributed by atoms with Crippen molar-refractivity contribution < 1.29 is 19.5 Å². The van der Waals surface area contributed by atoms with E-state index in [-0.39, 0.29) is 29.4 Å². The molecule has 2 N–H and O–H groups in total. The van der Waals surface area contributed by atoms with Crippen LogP contribution in [0.1, 0.15) is 36.5 Å². The van der Waals surface area contributed by atoms with Gasteiger partial charge in [0.25, 0.3) is 5.91 Å². The predicted molar refractivity (Wildman–Crippen MR) is 94.4 cm³/mol. The molecule has 2 amide bonds. The van der Waals surface area contributed by atoms with Gasteiger partial charge in [0, 0.05) is 23.8 Å². The van der Waals surface area contributed by atoms with Crippen molar-refractivity contribution in [3.05, 3.63) is 29.8 Å². The van der Waals surface area contributed by atoms with Gasteiger partial charge in [-0.25, -0.2) is 0 Å². The number of piperidine rings is 1. The first-order valence-corrected chi connectivity index (χ1v) is 9.13. The van der Waals surface area contributed by atoms with Gasteiger partial charge in [-0.3, -0.25) is 14.4 Å². The first kappa shape index (κ1) is 18.3. The average Bonchev–Trinajstić information content (AvgIpc) is 2.55. The molecular weight excluding hydrogens is 328 g/mol. The van der Waals surface area contributed by atoms with Crippen LogP contribution in [0.15, 0.2) is 24.3 Å². The topological polar surface area (TPSA) is 86.7 Å². The van der Waals surface area contributed by atoms with E-state index in [1.165, 1.54) is 0 Å². The molecule has 1 fully saturated rings. The minimum Gasteiger partial charge on any atom is -0.481 e. The summed E-state index contributed by atoms with van der Waals surface area (Å²) in [6, 6.07) is 7.08. The Bertz CT molecular complexity index is 603. The molecule has 1 aromatic rings. The molecule has 1 aliphatic rings. The van der Waals surface area contributed by atoms with E-state index in [4.69, 9.17) is 5.11 Å². The van der Waals surface area contributed by atoms with E-state index in [0.717, 1.165) is 37.6 Å². The lowest BCUT2D eigenvalue weighted by Gasteiger charge is -2.33. The van der Waals surface area contributed by atoms with Crippen molar-refractivity contribution in [2.45, 2.75) is 32.2 Å². The highest BCUT2D eigenvalue weighted by molar-refractivity contribution is 8.00. The standard InChI is InChI=1S/C17H22N2O4S/c1-12-4-2-3-9-19(12)17(23)13-5-7-14(8-6-13)18-15(20)10-24-11-16(21)22/h5-8,12H,2-4,9-11H2,1H3,(H,18,20)(H,21,22). The van der Waals surface area contributed by atoms with Crippen LogP contribution in [0.5, 0.6) is 0 Å². The van der Waals surface area contributed by atoms with Gasteiger partial charge in [0.05, 0.1) is 11.5 Å². The third-order valence-corrected chi connectivity index (χ3v) is 4.86. The SMILES string of the molecule is CC1CCCCN1C(=O)c1ccc(NC(=O)CSCC(=O)O)cc1. The predicted octanol–water partition coefficient (Wildman–Crippen LogP) is 2.46. The normalized spacial score (nSPS) is 17.4. The molecule has 0 saturated carbocycles. The van der Waals surface area contributed by atoms with Crippen molar-refractivity contribution in [2.24, 2.45) is 0 Å². The number of nitrogens with zero attached hydrogens (tertiary/aromatic N) is 1. The van der Waals surface area contributed by atoms with Crippen molar-refractivity contribution in [3.63, 3.8) is 0 Å². The average molecular weight is 350 g/mol. The van der Waals surface area contributed by atoms with Crippen molar-refractivity contribution in [1.29, 1.82) is 0 Å². The van der Waals surface area contributed by atoms with Gasteiger partial charge in [0.15, 0.2) is 0 Å².